The summed E-state index contributed by atoms with van der Waals surface area (Å²) in [5.74, 6) is -1.28. The van der Waals surface area contributed by atoms with E-state index in [1.807, 2.05) is 9.80 Å². The molecule has 0 spiro atoms. The van der Waals surface area contributed by atoms with Gasteiger partial charge in [-0.15, -0.1) is 0 Å². The summed E-state index contributed by atoms with van der Waals surface area (Å²) in [6, 6.07) is 9.09. The third-order valence-corrected chi connectivity index (χ3v) is 9.40. The number of rotatable bonds is 8. The third kappa shape index (κ3) is 8.35. The molecule has 0 aliphatic carbocycles. The van der Waals surface area contributed by atoms with Gasteiger partial charge in [-0.2, -0.15) is 0 Å². The Morgan fingerprint density at radius 1 is 0.700 bits per heavy atom. The van der Waals surface area contributed by atoms with E-state index in [4.69, 9.17) is 4.74 Å². The maximum absolute atomic E-state index is 14.4. The van der Waals surface area contributed by atoms with Crippen LogP contribution < -0.4 is 9.80 Å². The minimum Gasteiger partial charge on any atom is -0.383 e. The Morgan fingerprint density at radius 3 is 1.45 bits per heavy atom. The zero-order chi connectivity index (χ0) is 29.5. The lowest BCUT2D eigenvalue weighted by molar-refractivity contribution is 0.144. The van der Waals surface area contributed by atoms with E-state index in [1.165, 1.54) is 12.1 Å². The number of hydrogen-bond acceptors (Lipinski definition) is 9. The summed E-state index contributed by atoms with van der Waals surface area (Å²) in [5.41, 5.74) is 0.753. The van der Waals surface area contributed by atoms with E-state index < -0.39 is 31.3 Å². The molecule has 9 nitrogen and oxygen atoms in total. The summed E-state index contributed by atoms with van der Waals surface area (Å²) in [7, 11) is -5.40. The van der Waals surface area contributed by atoms with Crippen LogP contribution in [0.15, 0.2) is 46.2 Å². The molecule has 0 amide bonds. The second-order valence-corrected chi connectivity index (χ2v) is 13.9. The van der Waals surface area contributed by atoms with Crippen LogP contribution in [-0.4, -0.2) is 118 Å². The van der Waals surface area contributed by atoms with Crippen molar-refractivity contribution in [3.8, 4) is 0 Å². The van der Waals surface area contributed by atoms with Crippen molar-refractivity contribution in [1.29, 1.82) is 0 Å². The predicted molar refractivity (Wildman–Crippen MR) is 154 cm³/mol. The lowest BCUT2D eigenvalue weighted by Crippen LogP contribution is -2.47. The first-order valence-corrected chi connectivity index (χ1v) is 17.1. The predicted octanol–water partition coefficient (Wildman–Crippen LogP) is 2.37. The molecular formula is C27H40F2N4O5S2. The molecule has 2 aromatic carbocycles. The van der Waals surface area contributed by atoms with Gasteiger partial charge in [0, 0.05) is 78.5 Å². The maximum Gasteiger partial charge on any atom is 0.178 e. The molecule has 0 atom stereocenters. The molecule has 0 unspecified atom stereocenters. The highest BCUT2D eigenvalue weighted by molar-refractivity contribution is 7.91. The number of ether oxygens (including phenoxy) is 1. The molecule has 4 rings (SSSR count). The van der Waals surface area contributed by atoms with Crippen LogP contribution in [0.25, 0.3) is 0 Å². The minimum atomic E-state index is -3.55. The largest absolute Gasteiger partial charge is 0.383 e. The number of piperazine rings is 2. The molecule has 0 bridgehead atoms. The summed E-state index contributed by atoms with van der Waals surface area (Å²) < 4.78 is 79.9. The summed E-state index contributed by atoms with van der Waals surface area (Å²) in [5, 5.41) is 0. The summed E-state index contributed by atoms with van der Waals surface area (Å²) in [4.78, 5) is 7.89. The van der Waals surface area contributed by atoms with Crippen LogP contribution in [0.2, 0.25) is 0 Å². The van der Waals surface area contributed by atoms with Gasteiger partial charge < -0.3 is 19.4 Å². The Labute approximate surface area is 237 Å². The molecule has 0 N–H and O–H groups in total. The van der Waals surface area contributed by atoms with Gasteiger partial charge in [0.15, 0.2) is 31.3 Å². The average Bonchev–Trinajstić information content (AvgIpc) is 2.92. The van der Waals surface area contributed by atoms with Gasteiger partial charge in [0.25, 0.3) is 0 Å². The molecule has 0 saturated carbocycles. The van der Waals surface area contributed by atoms with Crippen molar-refractivity contribution in [3.05, 3.63) is 48.0 Å². The number of anilines is 2. The molecule has 2 heterocycles. The van der Waals surface area contributed by atoms with Crippen molar-refractivity contribution in [2.45, 2.75) is 16.7 Å². The number of halogens is 2. The summed E-state index contributed by atoms with van der Waals surface area (Å²) >= 11 is 0. The lowest BCUT2D eigenvalue weighted by Gasteiger charge is -2.36. The number of likely N-dealkylation sites (N-methyl/N-ethyl adjacent to an activating group) is 1. The van der Waals surface area contributed by atoms with Crippen LogP contribution in [0, 0.1) is 11.6 Å². The molecule has 2 aliphatic heterocycles. The smallest absolute Gasteiger partial charge is 0.178 e. The van der Waals surface area contributed by atoms with Crippen molar-refractivity contribution in [3.63, 3.8) is 0 Å². The second kappa shape index (κ2) is 14.0. The van der Waals surface area contributed by atoms with Crippen molar-refractivity contribution in [2.75, 3.05) is 101 Å². The molecule has 40 heavy (non-hydrogen) atoms. The highest BCUT2D eigenvalue weighted by atomic mass is 32.2. The minimum absolute atomic E-state index is 0.220. The quantitative estimate of drug-likeness (QED) is 0.452. The number of sulfone groups is 2. The van der Waals surface area contributed by atoms with Gasteiger partial charge >= 0.3 is 0 Å². The van der Waals surface area contributed by atoms with E-state index in [0.717, 1.165) is 64.9 Å². The fourth-order valence-corrected chi connectivity index (χ4v) is 6.31. The first-order valence-electron chi connectivity index (χ1n) is 13.3. The molecule has 0 aromatic heterocycles. The van der Waals surface area contributed by atoms with E-state index in [-0.39, 0.29) is 9.79 Å². The fraction of sp³-hybridized carbons (Fsp3) is 0.556. The van der Waals surface area contributed by atoms with Crippen molar-refractivity contribution in [1.82, 2.24) is 9.80 Å². The molecule has 2 saturated heterocycles. The Bertz CT molecular complexity index is 1340. The Kier molecular flexibility index (Phi) is 11.3. The van der Waals surface area contributed by atoms with Crippen LogP contribution >= 0.6 is 0 Å². The van der Waals surface area contributed by atoms with E-state index >= 15 is 0 Å². The zero-order valence-electron chi connectivity index (χ0n) is 23.6. The van der Waals surface area contributed by atoms with Gasteiger partial charge in [-0.1, -0.05) is 19.1 Å². The van der Waals surface area contributed by atoms with Crippen LogP contribution in [0.4, 0.5) is 20.2 Å². The first-order chi connectivity index (χ1) is 18.9. The molecular weight excluding hydrogens is 562 g/mol. The lowest BCUT2D eigenvalue weighted by atomic mass is 10.2. The van der Waals surface area contributed by atoms with Gasteiger partial charge in [0.1, 0.15) is 9.79 Å². The van der Waals surface area contributed by atoms with Gasteiger partial charge in [0.05, 0.1) is 18.0 Å². The Balaban J connectivity index is 0.000000222. The van der Waals surface area contributed by atoms with E-state index in [9.17, 15) is 25.6 Å². The summed E-state index contributed by atoms with van der Waals surface area (Å²) in [6.07, 6.45) is 2.06. The molecule has 0 radical (unpaired) electrons. The van der Waals surface area contributed by atoms with Crippen LogP contribution in [0.3, 0.4) is 0 Å². The van der Waals surface area contributed by atoms with Crippen LogP contribution in [0.5, 0.6) is 0 Å². The van der Waals surface area contributed by atoms with E-state index in [2.05, 4.69) is 16.7 Å². The van der Waals surface area contributed by atoms with E-state index in [0.29, 0.717) is 31.1 Å². The molecule has 224 valence electrons. The Hall–Kier alpha value is -2.32. The van der Waals surface area contributed by atoms with E-state index in [1.54, 1.807) is 31.4 Å². The van der Waals surface area contributed by atoms with Crippen molar-refractivity contribution < 1.29 is 30.4 Å². The van der Waals surface area contributed by atoms with Gasteiger partial charge in [-0.25, -0.2) is 25.6 Å². The standard InChI is InChI=1S/C14H21FN2O3S.C13H19FN2O2S/c1-20-11-10-16-6-8-17(9-7-16)12-4-3-5-13(14(12)15)21(2,18)19;1-3-15-7-9-16(10-8-15)11-5-4-6-12(13(11)14)19(2,17)18/h3-5H,6-11H2,1-2H3;4-6H,3,7-10H2,1-2H3. The third-order valence-electron chi connectivity index (χ3n) is 7.17. The van der Waals surface area contributed by atoms with Gasteiger partial charge in [0.2, 0.25) is 0 Å². The van der Waals surface area contributed by atoms with Crippen molar-refractivity contribution in [2.24, 2.45) is 0 Å². The van der Waals surface area contributed by atoms with Crippen LogP contribution in [0.1, 0.15) is 6.92 Å². The maximum atomic E-state index is 14.4. The fourth-order valence-electron chi connectivity index (χ4n) is 4.80. The Morgan fingerprint density at radius 2 is 1.10 bits per heavy atom. The first kappa shape index (κ1) is 32.2. The topological polar surface area (TPSA) is 90.5 Å². The molecule has 2 aliphatic rings. The SMILES string of the molecule is CCN1CCN(c2cccc(S(C)(=O)=O)c2F)CC1.COCCN1CCN(c2cccc(S(C)(=O)=O)c2F)CC1. The average molecular weight is 603 g/mol. The highest BCUT2D eigenvalue weighted by Crippen LogP contribution is 2.27. The molecule has 2 fully saturated rings. The van der Waals surface area contributed by atoms with Crippen molar-refractivity contribution >= 4 is 31.0 Å². The number of benzene rings is 2. The van der Waals surface area contributed by atoms with Gasteiger partial charge in [-0.05, 0) is 30.8 Å². The molecule has 13 heteroatoms. The zero-order valence-corrected chi connectivity index (χ0v) is 25.3. The second-order valence-electron chi connectivity index (χ2n) is 9.97. The molecule has 2 aromatic rings. The highest BCUT2D eigenvalue weighted by Gasteiger charge is 2.24. The monoisotopic (exact) mass is 602 g/mol. The van der Waals surface area contributed by atoms with Crippen LogP contribution in [-0.2, 0) is 24.4 Å². The number of methoxy groups -OCH3 is 1. The number of nitrogens with zero attached hydrogens (tertiary/aromatic N) is 4. The number of hydrogen-bond donors (Lipinski definition) is 0. The summed E-state index contributed by atoms with van der Waals surface area (Å²) in [6.45, 7) is 10.8. The van der Waals surface area contributed by atoms with Gasteiger partial charge in [-0.3, -0.25) is 4.90 Å². The normalized spacial score (nSPS) is 17.4.